The number of carbonyl (C=O) groups excluding carboxylic acids is 1. The van der Waals surface area contributed by atoms with Crippen LogP contribution in [0.1, 0.15) is 34.1 Å². The molecule has 4 nitrogen and oxygen atoms in total. The Labute approximate surface area is 86.1 Å². The minimum atomic E-state index is -0.862. The summed E-state index contributed by atoms with van der Waals surface area (Å²) in [5, 5.41) is 9.59. The Kier molecular flexibility index (Phi) is 5.08. The van der Waals surface area contributed by atoms with Gasteiger partial charge in [0.1, 0.15) is 0 Å². The third kappa shape index (κ3) is 4.58. The molecule has 1 atom stereocenters. The average molecular weight is 202 g/mol. The van der Waals surface area contributed by atoms with Crippen molar-refractivity contribution >= 4 is 5.91 Å². The number of hydrogen-bond donors (Lipinski definition) is 2. The maximum Gasteiger partial charge on any atom is 0.239 e. The molecule has 0 bridgehead atoms. The Morgan fingerprint density at radius 2 is 2.00 bits per heavy atom. The van der Waals surface area contributed by atoms with Crippen molar-refractivity contribution in [3.63, 3.8) is 0 Å². The molecule has 0 aromatic carbocycles. The van der Waals surface area contributed by atoms with Crippen molar-refractivity contribution in [2.45, 2.75) is 45.8 Å². The van der Waals surface area contributed by atoms with Gasteiger partial charge in [0, 0.05) is 13.1 Å². The summed E-state index contributed by atoms with van der Waals surface area (Å²) in [5.41, 5.74) is 4.78. The van der Waals surface area contributed by atoms with Crippen LogP contribution in [0.25, 0.3) is 0 Å². The van der Waals surface area contributed by atoms with E-state index in [0.717, 1.165) is 0 Å². The van der Waals surface area contributed by atoms with Gasteiger partial charge in [0.25, 0.3) is 0 Å². The van der Waals surface area contributed by atoms with E-state index in [1.165, 1.54) is 0 Å². The molecule has 3 N–H and O–H groups in total. The van der Waals surface area contributed by atoms with E-state index in [2.05, 4.69) is 0 Å². The second kappa shape index (κ2) is 5.32. The highest BCUT2D eigenvalue weighted by atomic mass is 16.3. The molecule has 0 radical (unpaired) electrons. The van der Waals surface area contributed by atoms with E-state index in [1.807, 2.05) is 13.8 Å². The third-order valence-electron chi connectivity index (χ3n) is 2.03. The molecule has 4 heteroatoms. The van der Waals surface area contributed by atoms with Crippen LogP contribution in [0.5, 0.6) is 0 Å². The van der Waals surface area contributed by atoms with Crippen molar-refractivity contribution in [3.8, 4) is 0 Å². The Bertz CT molecular complexity index is 187. The highest BCUT2D eigenvalue weighted by Gasteiger charge is 2.24. The highest BCUT2D eigenvalue weighted by molar-refractivity contribution is 5.81. The SMILES string of the molecule is CC[C@H](N)C(=O)N(CC)CC(C)(C)O. The van der Waals surface area contributed by atoms with Crippen molar-refractivity contribution in [1.29, 1.82) is 0 Å². The molecule has 0 aromatic rings. The molecule has 0 aliphatic carbocycles. The van der Waals surface area contributed by atoms with Crippen molar-refractivity contribution in [1.82, 2.24) is 4.90 Å². The first-order valence-corrected chi connectivity index (χ1v) is 5.08. The summed E-state index contributed by atoms with van der Waals surface area (Å²) in [6, 6.07) is -0.447. The highest BCUT2D eigenvalue weighted by Crippen LogP contribution is 2.06. The summed E-state index contributed by atoms with van der Waals surface area (Å²) in [6.07, 6.45) is 0.626. The summed E-state index contributed by atoms with van der Waals surface area (Å²) < 4.78 is 0. The van der Waals surface area contributed by atoms with Crippen molar-refractivity contribution in [2.24, 2.45) is 5.73 Å². The predicted molar refractivity (Wildman–Crippen MR) is 56.8 cm³/mol. The van der Waals surface area contributed by atoms with Crippen molar-refractivity contribution < 1.29 is 9.90 Å². The Morgan fingerprint density at radius 3 is 2.29 bits per heavy atom. The smallest absolute Gasteiger partial charge is 0.239 e. The third-order valence-corrected chi connectivity index (χ3v) is 2.03. The second-order valence-electron chi connectivity index (χ2n) is 4.18. The van der Waals surface area contributed by atoms with Crippen LogP contribution in [-0.4, -0.2) is 40.6 Å². The Hall–Kier alpha value is -0.610. The van der Waals surface area contributed by atoms with Crippen LogP contribution >= 0.6 is 0 Å². The molecular formula is C10H22N2O2. The van der Waals surface area contributed by atoms with E-state index in [0.29, 0.717) is 19.5 Å². The van der Waals surface area contributed by atoms with Gasteiger partial charge in [-0.1, -0.05) is 6.92 Å². The lowest BCUT2D eigenvalue weighted by Crippen LogP contribution is -2.48. The molecule has 0 rings (SSSR count). The van der Waals surface area contributed by atoms with E-state index in [-0.39, 0.29) is 5.91 Å². The first kappa shape index (κ1) is 13.4. The fourth-order valence-corrected chi connectivity index (χ4v) is 1.22. The number of carbonyl (C=O) groups is 1. The molecular weight excluding hydrogens is 180 g/mol. The van der Waals surface area contributed by atoms with Crippen LogP contribution in [0.4, 0.5) is 0 Å². The number of aliphatic hydroxyl groups is 1. The van der Waals surface area contributed by atoms with E-state index in [9.17, 15) is 9.90 Å². The van der Waals surface area contributed by atoms with Crippen molar-refractivity contribution in [3.05, 3.63) is 0 Å². The minimum Gasteiger partial charge on any atom is -0.389 e. The maximum absolute atomic E-state index is 11.7. The zero-order chi connectivity index (χ0) is 11.4. The summed E-state index contributed by atoms with van der Waals surface area (Å²) in [6.45, 7) is 8.03. The van der Waals surface area contributed by atoms with E-state index in [1.54, 1.807) is 18.7 Å². The van der Waals surface area contributed by atoms with E-state index < -0.39 is 11.6 Å². The summed E-state index contributed by atoms with van der Waals surface area (Å²) in [5.74, 6) is -0.0860. The first-order valence-electron chi connectivity index (χ1n) is 5.08. The van der Waals surface area contributed by atoms with Crippen molar-refractivity contribution in [2.75, 3.05) is 13.1 Å². The number of rotatable bonds is 5. The van der Waals surface area contributed by atoms with Gasteiger partial charge in [0.2, 0.25) is 5.91 Å². The molecule has 1 amide bonds. The second-order valence-corrected chi connectivity index (χ2v) is 4.18. The molecule has 84 valence electrons. The Balaban J connectivity index is 4.34. The van der Waals surface area contributed by atoms with Gasteiger partial charge in [-0.3, -0.25) is 4.79 Å². The van der Waals surface area contributed by atoms with Gasteiger partial charge in [-0.15, -0.1) is 0 Å². The lowest BCUT2D eigenvalue weighted by atomic mass is 10.1. The first-order chi connectivity index (χ1) is 6.31. The Morgan fingerprint density at radius 1 is 1.50 bits per heavy atom. The summed E-state index contributed by atoms with van der Waals surface area (Å²) in [4.78, 5) is 13.3. The van der Waals surface area contributed by atoms with Crippen LogP contribution in [0.2, 0.25) is 0 Å². The average Bonchev–Trinajstić information content (AvgIpc) is 2.10. The largest absolute Gasteiger partial charge is 0.389 e. The number of nitrogens with two attached hydrogens (primary N) is 1. The maximum atomic E-state index is 11.7. The zero-order valence-corrected chi connectivity index (χ0v) is 9.58. The van der Waals surface area contributed by atoms with Gasteiger partial charge in [0.05, 0.1) is 11.6 Å². The molecule has 0 spiro atoms. The summed E-state index contributed by atoms with van der Waals surface area (Å²) >= 11 is 0. The van der Waals surface area contributed by atoms with Crippen LogP contribution in [0.15, 0.2) is 0 Å². The van der Waals surface area contributed by atoms with Gasteiger partial charge < -0.3 is 15.7 Å². The standard InChI is InChI=1S/C10H22N2O2/c1-5-8(11)9(13)12(6-2)7-10(3,4)14/h8,14H,5-7,11H2,1-4H3/t8-/m0/s1. The minimum absolute atomic E-state index is 0.0860. The van der Waals surface area contributed by atoms with Gasteiger partial charge in [0.15, 0.2) is 0 Å². The molecule has 0 aromatic heterocycles. The number of likely N-dealkylation sites (N-methyl/N-ethyl adjacent to an activating group) is 1. The molecule has 14 heavy (non-hydrogen) atoms. The molecule has 0 aliphatic heterocycles. The van der Waals surface area contributed by atoms with Crippen LogP contribution in [0, 0.1) is 0 Å². The molecule has 0 saturated heterocycles. The monoisotopic (exact) mass is 202 g/mol. The molecule has 0 fully saturated rings. The quantitative estimate of drug-likeness (QED) is 0.675. The number of amides is 1. The molecule has 0 aliphatic rings. The number of hydrogen-bond acceptors (Lipinski definition) is 3. The molecule has 0 unspecified atom stereocenters. The van der Waals surface area contributed by atoms with Gasteiger partial charge in [-0.05, 0) is 27.2 Å². The summed E-state index contributed by atoms with van der Waals surface area (Å²) in [7, 11) is 0. The van der Waals surface area contributed by atoms with Crippen LogP contribution < -0.4 is 5.73 Å². The predicted octanol–water partition coefficient (Wildman–Crippen LogP) is 0.343. The molecule has 0 heterocycles. The molecule has 0 saturated carbocycles. The topological polar surface area (TPSA) is 66.6 Å². The normalized spacial score (nSPS) is 13.9. The fourth-order valence-electron chi connectivity index (χ4n) is 1.22. The van der Waals surface area contributed by atoms with E-state index in [4.69, 9.17) is 5.73 Å². The zero-order valence-electron chi connectivity index (χ0n) is 9.58. The lowest BCUT2D eigenvalue weighted by Gasteiger charge is -2.29. The van der Waals surface area contributed by atoms with Crippen LogP contribution in [0.3, 0.4) is 0 Å². The van der Waals surface area contributed by atoms with E-state index >= 15 is 0 Å². The van der Waals surface area contributed by atoms with Gasteiger partial charge >= 0.3 is 0 Å². The number of nitrogens with zero attached hydrogens (tertiary/aromatic N) is 1. The lowest BCUT2D eigenvalue weighted by molar-refractivity contribution is -0.135. The fraction of sp³-hybridized carbons (Fsp3) is 0.900. The van der Waals surface area contributed by atoms with Gasteiger partial charge in [-0.25, -0.2) is 0 Å². The van der Waals surface area contributed by atoms with Crippen LogP contribution in [-0.2, 0) is 4.79 Å². The van der Waals surface area contributed by atoms with Gasteiger partial charge in [-0.2, -0.15) is 0 Å².